The molecule has 2 aromatic rings. The lowest BCUT2D eigenvalue weighted by Gasteiger charge is -2.18. The van der Waals surface area contributed by atoms with Crippen molar-refractivity contribution in [2.75, 3.05) is 19.7 Å². The molecule has 0 amide bonds. The second-order valence-electron chi connectivity index (χ2n) is 6.81. The quantitative estimate of drug-likeness (QED) is 0.227. The average Bonchev–Trinajstić information content (AvgIpc) is 2.71. The summed E-state index contributed by atoms with van der Waals surface area (Å²) in [6.45, 7) is 6.39. The van der Waals surface area contributed by atoms with Crippen LogP contribution in [0.25, 0.3) is 0 Å². The van der Waals surface area contributed by atoms with Crippen LogP contribution in [0.5, 0.6) is 11.6 Å². The van der Waals surface area contributed by atoms with Crippen molar-refractivity contribution in [1.29, 1.82) is 0 Å². The highest BCUT2D eigenvalue weighted by Gasteiger charge is 2.08. The van der Waals surface area contributed by atoms with Gasteiger partial charge in [-0.05, 0) is 43.4 Å². The lowest BCUT2D eigenvalue weighted by Crippen LogP contribution is -2.40. The van der Waals surface area contributed by atoms with Gasteiger partial charge in [0.2, 0.25) is 5.88 Å². The number of aliphatic hydroxyl groups is 1. The molecule has 0 aliphatic rings. The standard InChI is InChI=1S/C22H31FN4O2.HI/c1-3-6-17(11-12-28)14-26-22(24-4-2)27-16-18-9-10-21(25-15-18)29-20-8-5-7-19(23)13-20;/h5,7-10,13,15,17,28H,3-4,6,11-12,14,16H2,1-2H3,(H2,24,26,27);1H. The summed E-state index contributed by atoms with van der Waals surface area (Å²) in [5.74, 6) is 1.63. The van der Waals surface area contributed by atoms with Crippen molar-refractivity contribution >= 4 is 29.9 Å². The number of nitrogens with one attached hydrogen (secondary N) is 2. The molecule has 0 aliphatic carbocycles. The summed E-state index contributed by atoms with van der Waals surface area (Å²) in [7, 11) is 0. The highest BCUT2D eigenvalue weighted by Crippen LogP contribution is 2.20. The molecule has 2 rings (SSSR count). The molecule has 1 atom stereocenters. The van der Waals surface area contributed by atoms with E-state index in [1.54, 1.807) is 24.4 Å². The topological polar surface area (TPSA) is 78.8 Å². The number of ether oxygens (including phenoxy) is 1. The van der Waals surface area contributed by atoms with E-state index in [-0.39, 0.29) is 36.4 Å². The van der Waals surface area contributed by atoms with Crippen LogP contribution in [0, 0.1) is 11.7 Å². The summed E-state index contributed by atoms with van der Waals surface area (Å²) in [5.41, 5.74) is 0.939. The van der Waals surface area contributed by atoms with Gasteiger partial charge < -0.3 is 20.5 Å². The number of benzene rings is 1. The summed E-state index contributed by atoms with van der Waals surface area (Å²) in [6, 6.07) is 9.59. The number of aliphatic hydroxyl groups excluding tert-OH is 1. The molecule has 8 heteroatoms. The van der Waals surface area contributed by atoms with Crippen LogP contribution in [0.4, 0.5) is 4.39 Å². The molecule has 1 unspecified atom stereocenters. The van der Waals surface area contributed by atoms with E-state index in [1.807, 2.05) is 13.0 Å². The minimum absolute atomic E-state index is 0. The summed E-state index contributed by atoms with van der Waals surface area (Å²) in [4.78, 5) is 8.87. The molecule has 3 N–H and O–H groups in total. The number of pyridine rings is 1. The number of guanidine groups is 1. The largest absolute Gasteiger partial charge is 0.439 e. The van der Waals surface area contributed by atoms with E-state index >= 15 is 0 Å². The SMILES string of the molecule is CCCC(CCO)CNC(=NCc1ccc(Oc2cccc(F)c2)nc1)NCC.I. The fourth-order valence-corrected chi connectivity index (χ4v) is 2.91. The van der Waals surface area contributed by atoms with Gasteiger partial charge in [0.25, 0.3) is 0 Å². The average molecular weight is 530 g/mol. The van der Waals surface area contributed by atoms with Gasteiger partial charge >= 0.3 is 0 Å². The fraction of sp³-hybridized carbons (Fsp3) is 0.455. The molecule has 0 saturated heterocycles. The summed E-state index contributed by atoms with van der Waals surface area (Å²) < 4.78 is 18.8. The third kappa shape index (κ3) is 9.71. The first kappa shape index (κ1) is 26.1. The molecule has 0 spiro atoms. The smallest absolute Gasteiger partial charge is 0.219 e. The van der Waals surface area contributed by atoms with Crippen LogP contribution in [0.3, 0.4) is 0 Å². The van der Waals surface area contributed by atoms with Gasteiger partial charge in [-0.15, -0.1) is 24.0 Å². The van der Waals surface area contributed by atoms with Crippen molar-refractivity contribution in [3.8, 4) is 11.6 Å². The van der Waals surface area contributed by atoms with Crippen molar-refractivity contribution in [3.63, 3.8) is 0 Å². The number of aromatic nitrogens is 1. The van der Waals surface area contributed by atoms with Crippen molar-refractivity contribution in [3.05, 3.63) is 54.0 Å². The maximum atomic E-state index is 13.2. The Bertz CT molecular complexity index is 753. The summed E-state index contributed by atoms with van der Waals surface area (Å²) in [6.07, 6.45) is 4.66. The van der Waals surface area contributed by atoms with E-state index in [0.29, 0.717) is 24.1 Å². The number of halogens is 2. The van der Waals surface area contributed by atoms with E-state index in [2.05, 4.69) is 27.5 Å². The first-order valence-electron chi connectivity index (χ1n) is 10.2. The Hall–Kier alpha value is -1.94. The first-order chi connectivity index (χ1) is 14.1. The van der Waals surface area contributed by atoms with Crippen LogP contribution in [-0.4, -0.2) is 35.7 Å². The Morgan fingerprint density at radius 1 is 1.20 bits per heavy atom. The van der Waals surface area contributed by atoms with Crippen molar-refractivity contribution in [2.24, 2.45) is 10.9 Å². The number of hydrogen-bond donors (Lipinski definition) is 3. The third-order valence-electron chi connectivity index (χ3n) is 4.37. The van der Waals surface area contributed by atoms with Gasteiger partial charge in [0.1, 0.15) is 11.6 Å². The summed E-state index contributed by atoms with van der Waals surface area (Å²) in [5, 5.41) is 15.8. The number of hydrogen-bond acceptors (Lipinski definition) is 4. The van der Waals surface area contributed by atoms with Gasteiger partial charge in [-0.1, -0.05) is 25.5 Å². The van der Waals surface area contributed by atoms with Crippen LogP contribution in [0.15, 0.2) is 47.6 Å². The molecule has 0 fully saturated rings. The molecule has 6 nitrogen and oxygen atoms in total. The van der Waals surface area contributed by atoms with E-state index in [9.17, 15) is 9.50 Å². The zero-order chi connectivity index (χ0) is 20.9. The highest BCUT2D eigenvalue weighted by molar-refractivity contribution is 14.0. The van der Waals surface area contributed by atoms with Crippen molar-refractivity contribution in [2.45, 2.75) is 39.7 Å². The van der Waals surface area contributed by atoms with Gasteiger partial charge in [0.05, 0.1) is 6.54 Å². The Balaban J connectivity index is 0.00000450. The van der Waals surface area contributed by atoms with Crippen LogP contribution in [0.2, 0.25) is 0 Å². The second-order valence-corrected chi connectivity index (χ2v) is 6.81. The van der Waals surface area contributed by atoms with Crippen LogP contribution in [0.1, 0.15) is 38.7 Å². The third-order valence-corrected chi connectivity index (χ3v) is 4.37. The molecule has 0 bridgehead atoms. The molecule has 1 heterocycles. The van der Waals surface area contributed by atoms with Crippen molar-refractivity contribution in [1.82, 2.24) is 15.6 Å². The Morgan fingerprint density at radius 2 is 2.03 bits per heavy atom. The lowest BCUT2D eigenvalue weighted by atomic mass is 10.0. The molecule has 0 radical (unpaired) electrons. The van der Waals surface area contributed by atoms with E-state index in [0.717, 1.165) is 43.9 Å². The lowest BCUT2D eigenvalue weighted by molar-refractivity contribution is 0.251. The maximum absolute atomic E-state index is 13.2. The van der Waals surface area contributed by atoms with E-state index in [4.69, 9.17) is 4.74 Å². The van der Waals surface area contributed by atoms with Gasteiger partial charge in [-0.2, -0.15) is 0 Å². The number of rotatable bonds is 11. The number of nitrogens with zero attached hydrogens (tertiary/aromatic N) is 2. The van der Waals surface area contributed by atoms with Gasteiger partial charge in [0, 0.05) is 38.0 Å². The second kappa shape index (κ2) is 15.0. The molecule has 166 valence electrons. The van der Waals surface area contributed by atoms with Crippen LogP contribution < -0.4 is 15.4 Å². The van der Waals surface area contributed by atoms with E-state index in [1.165, 1.54) is 12.1 Å². The zero-order valence-electron chi connectivity index (χ0n) is 17.6. The molecule has 1 aromatic carbocycles. The minimum atomic E-state index is -0.350. The predicted octanol–water partition coefficient (Wildman–Crippen LogP) is 4.48. The van der Waals surface area contributed by atoms with E-state index < -0.39 is 0 Å². The van der Waals surface area contributed by atoms with Crippen LogP contribution in [-0.2, 0) is 6.54 Å². The fourth-order valence-electron chi connectivity index (χ4n) is 2.91. The Morgan fingerprint density at radius 3 is 2.67 bits per heavy atom. The predicted molar refractivity (Wildman–Crippen MR) is 129 cm³/mol. The molecule has 30 heavy (non-hydrogen) atoms. The molecule has 0 saturated carbocycles. The zero-order valence-corrected chi connectivity index (χ0v) is 19.9. The monoisotopic (exact) mass is 530 g/mol. The molecule has 1 aromatic heterocycles. The van der Waals surface area contributed by atoms with Gasteiger partial charge in [-0.25, -0.2) is 14.4 Å². The highest BCUT2D eigenvalue weighted by atomic mass is 127. The first-order valence-corrected chi connectivity index (χ1v) is 10.2. The maximum Gasteiger partial charge on any atom is 0.219 e. The minimum Gasteiger partial charge on any atom is -0.439 e. The Labute approximate surface area is 195 Å². The van der Waals surface area contributed by atoms with Crippen LogP contribution >= 0.6 is 24.0 Å². The number of aliphatic imine (C=N–C) groups is 1. The Kier molecular flexibility index (Phi) is 13.0. The van der Waals surface area contributed by atoms with Gasteiger partial charge in [-0.3, -0.25) is 0 Å². The molecule has 0 aliphatic heterocycles. The summed E-state index contributed by atoms with van der Waals surface area (Å²) >= 11 is 0. The molecular weight excluding hydrogens is 498 g/mol. The molecular formula is C22H32FIN4O2. The normalized spacial score (nSPS) is 12.1. The van der Waals surface area contributed by atoms with Gasteiger partial charge in [0.15, 0.2) is 5.96 Å². The van der Waals surface area contributed by atoms with Crippen molar-refractivity contribution < 1.29 is 14.2 Å².